The molecule has 0 aromatic carbocycles. The van der Waals surface area contributed by atoms with E-state index < -0.39 is 0 Å². The molecular weight excluding hydrogens is 268 g/mol. The molecule has 0 radical (unpaired) electrons. The molecule has 1 aromatic heterocycles. The van der Waals surface area contributed by atoms with Crippen molar-refractivity contribution in [1.29, 1.82) is 0 Å². The number of piperidine rings is 1. The molecule has 1 N–H and O–H groups in total. The molecule has 0 spiro atoms. The van der Waals surface area contributed by atoms with Crippen molar-refractivity contribution in [3.63, 3.8) is 0 Å². The Kier molecular flexibility index (Phi) is 4.13. The van der Waals surface area contributed by atoms with Gasteiger partial charge in [0.05, 0.1) is 0 Å². The Labute approximate surface area is 117 Å². The number of aromatic nitrogens is 2. The number of hydrogen-bond donors (Lipinski definition) is 1. The summed E-state index contributed by atoms with van der Waals surface area (Å²) in [6.07, 6.45) is 5.33. The average molecular weight is 287 g/mol. The molecule has 4 nitrogen and oxygen atoms in total. The molecule has 0 bridgehead atoms. The van der Waals surface area contributed by atoms with Crippen LogP contribution in [0.4, 0.5) is 0 Å². The SMILES string of the molecule is Clc1snnc1CN1CCCC(C2CCCN2)C1. The van der Waals surface area contributed by atoms with Gasteiger partial charge in [0.1, 0.15) is 10.0 Å². The van der Waals surface area contributed by atoms with Gasteiger partial charge in [-0.1, -0.05) is 16.1 Å². The molecule has 6 heteroatoms. The predicted octanol–water partition coefficient (Wildman–Crippen LogP) is 2.16. The molecule has 18 heavy (non-hydrogen) atoms. The normalized spacial score (nSPS) is 29.8. The van der Waals surface area contributed by atoms with Crippen LogP contribution >= 0.6 is 23.1 Å². The van der Waals surface area contributed by atoms with E-state index in [0.717, 1.165) is 35.1 Å². The Hall–Kier alpha value is -0.230. The smallest absolute Gasteiger partial charge is 0.138 e. The van der Waals surface area contributed by atoms with Gasteiger partial charge in [-0.15, -0.1) is 5.10 Å². The van der Waals surface area contributed by atoms with Gasteiger partial charge in [-0.25, -0.2) is 0 Å². The first-order valence-corrected chi connectivity index (χ1v) is 7.90. The zero-order valence-corrected chi connectivity index (χ0v) is 12.0. The summed E-state index contributed by atoms with van der Waals surface area (Å²) in [6.45, 7) is 4.39. The molecule has 2 saturated heterocycles. The van der Waals surface area contributed by atoms with Crippen LogP contribution in [0.3, 0.4) is 0 Å². The largest absolute Gasteiger partial charge is 0.314 e. The van der Waals surface area contributed by atoms with Crippen LogP contribution < -0.4 is 5.32 Å². The molecule has 2 aliphatic rings. The molecule has 0 aliphatic carbocycles. The van der Waals surface area contributed by atoms with E-state index in [2.05, 4.69) is 19.8 Å². The summed E-state index contributed by atoms with van der Waals surface area (Å²) >= 11 is 7.36. The number of nitrogens with zero attached hydrogens (tertiary/aromatic N) is 3. The summed E-state index contributed by atoms with van der Waals surface area (Å²) in [6, 6.07) is 0.733. The van der Waals surface area contributed by atoms with Gasteiger partial charge in [0.25, 0.3) is 0 Å². The standard InChI is InChI=1S/C12H19ClN4S/c13-12-11(15-16-18-12)8-17-6-2-3-9(7-17)10-4-1-5-14-10/h9-10,14H,1-8H2. The van der Waals surface area contributed by atoms with Crippen LogP contribution in [-0.4, -0.2) is 40.2 Å². The van der Waals surface area contributed by atoms with Gasteiger partial charge in [-0.05, 0) is 44.7 Å². The van der Waals surface area contributed by atoms with Crippen molar-refractivity contribution < 1.29 is 0 Å². The third-order valence-corrected chi connectivity index (χ3v) is 5.08. The Bertz CT molecular complexity index is 391. The van der Waals surface area contributed by atoms with Crippen molar-refractivity contribution in [2.45, 2.75) is 38.3 Å². The lowest BCUT2D eigenvalue weighted by atomic mass is 9.90. The molecule has 3 heterocycles. The lowest BCUT2D eigenvalue weighted by molar-refractivity contribution is 0.144. The van der Waals surface area contributed by atoms with Gasteiger partial charge in [-0.2, -0.15) is 0 Å². The van der Waals surface area contributed by atoms with E-state index in [0.29, 0.717) is 0 Å². The minimum Gasteiger partial charge on any atom is -0.314 e. The fraction of sp³-hybridized carbons (Fsp3) is 0.833. The fourth-order valence-corrected chi connectivity index (χ4v) is 3.79. The molecule has 2 aliphatic heterocycles. The van der Waals surface area contributed by atoms with Gasteiger partial charge < -0.3 is 5.32 Å². The maximum Gasteiger partial charge on any atom is 0.138 e. The van der Waals surface area contributed by atoms with Crippen LogP contribution in [0.5, 0.6) is 0 Å². The predicted molar refractivity (Wildman–Crippen MR) is 73.9 cm³/mol. The van der Waals surface area contributed by atoms with Gasteiger partial charge in [0.2, 0.25) is 0 Å². The number of rotatable bonds is 3. The summed E-state index contributed by atoms with van der Waals surface area (Å²) in [5.41, 5.74) is 0.946. The second kappa shape index (κ2) is 5.82. The second-order valence-corrected chi connectivity index (χ2v) is 6.69. The zero-order valence-electron chi connectivity index (χ0n) is 10.4. The minimum absolute atomic E-state index is 0.733. The maximum atomic E-state index is 6.08. The summed E-state index contributed by atoms with van der Waals surface area (Å²) in [5, 5.41) is 7.75. The molecule has 0 saturated carbocycles. The number of nitrogens with one attached hydrogen (secondary N) is 1. The Morgan fingerprint density at radius 2 is 2.33 bits per heavy atom. The minimum atomic E-state index is 0.733. The molecule has 3 rings (SSSR count). The van der Waals surface area contributed by atoms with Crippen molar-refractivity contribution in [2.24, 2.45) is 5.92 Å². The van der Waals surface area contributed by atoms with Crippen molar-refractivity contribution in [3.05, 3.63) is 10.0 Å². The highest BCUT2D eigenvalue weighted by molar-refractivity contribution is 7.10. The van der Waals surface area contributed by atoms with E-state index in [1.54, 1.807) is 0 Å². The number of hydrogen-bond acceptors (Lipinski definition) is 5. The van der Waals surface area contributed by atoms with Gasteiger partial charge in [0, 0.05) is 30.7 Å². The monoisotopic (exact) mass is 286 g/mol. The first-order chi connectivity index (χ1) is 8.83. The van der Waals surface area contributed by atoms with Gasteiger partial charge in [0.15, 0.2) is 0 Å². The highest BCUT2D eigenvalue weighted by Gasteiger charge is 2.29. The Morgan fingerprint density at radius 3 is 3.06 bits per heavy atom. The van der Waals surface area contributed by atoms with E-state index in [9.17, 15) is 0 Å². The topological polar surface area (TPSA) is 41.1 Å². The van der Waals surface area contributed by atoms with Crippen LogP contribution in [0.25, 0.3) is 0 Å². The van der Waals surface area contributed by atoms with E-state index >= 15 is 0 Å². The first kappa shape index (κ1) is 12.8. The van der Waals surface area contributed by atoms with E-state index in [-0.39, 0.29) is 0 Å². The van der Waals surface area contributed by atoms with E-state index in [1.165, 1.54) is 50.3 Å². The van der Waals surface area contributed by atoms with Crippen LogP contribution in [0.15, 0.2) is 0 Å². The van der Waals surface area contributed by atoms with Crippen LogP contribution in [0, 0.1) is 5.92 Å². The van der Waals surface area contributed by atoms with E-state index in [1.807, 2.05) is 0 Å². The number of likely N-dealkylation sites (tertiary alicyclic amines) is 1. The van der Waals surface area contributed by atoms with Gasteiger partial charge >= 0.3 is 0 Å². The highest BCUT2D eigenvalue weighted by Crippen LogP contribution is 2.27. The zero-order chi connectivity index (χ0) is 12.4. The number of halogens is 1. The van der Waals surface area contributed by atoms with Crippen molar-refractivity contribution in [1.82, 2.24) is 19.8 Å². The molecule has 0 amide bonds. The van der Waals surface area contributed by atoms with Crippen molar-refractivity contribution in [3.8, 4) is 0 Å². The van der Waals surface area contributed by atoms with E-state index in [4.69, 9.17) is 11.6 Å². The van der Waals surface area contributed by atoms with Crippen molar-refractivity contribution >= 4 is 23.1 Å². The summed E-state index contributed by atoms with van der Waals surface area (Å²) in [7, 11) is 0. The molecule has 2 atom stereocenters. The molecule has 2 fully saturated rings. The van der Waals surface area contributed by atoms with Crippen LogP contribution in [0.2, 0.25) is 4.34 Å². The molecule has 1 aromatic rings. The molecule has 2 unspecified atom stereocenters. The average Bonchev–Trinajstić information content (AvgIpc) is 3.02. The lowest BCUT2D eigenvalue weighted by Gasteiger charge is -2.35. The van der Waals surface area contributed by atoms with Crippen LogP contribution in [-0.2, 0) is 6.54 Å². The summed E-state index contributed by atoms with van der Waals surface area (Å²) in [5.74, 6) is 0.798. The van der Waals surface area contributed by atoms with Gasteiger partial charge in [-0.3, -0.25) is 4.90 Å². The first-order valence-electron chi connectivity index (χ1n) is 6.75. The fourth-order valence-electron chi connectivity index (χ4n) is 3.18. The summed E-state index contributed by atoms with van der Waals surface area (Å²) in [4.78, 5) is 2.48. The Morgan fingerprint density at radius 1 is 1.39 bits per heavy atom. The maximum absolute atomic E-state index is 6.08. The summed E-state index contributed by atoms with van der Waals surface area (Å²) < 4.78 is 4.65. The van der Waals surface area contributed by atoms with Crippen molar-refractivity contribution in [2.75, 3.05) is 19.6 Å². The molecular formula is C12H19ClN4S. The third kappa shape index (κ3) is 2.85. The highest BCUT2D eigenvalue weighted by atomic mass is 35.5. The third-order valence-electron chi connectivity index (χ3n) is 4.09. The van der Waals surface area contributed by atoms with Crippen LogP contribution in [0.1, 0.15) is 31.4 Å². The lowest BCUT2D eigenvalue weighted by Crippen LogP contribution is -2.43. The Balaban J connectivity index is 1.58. The quantitative estimate of drug-likeness (QED) is 0.924. The molecule has 100 valence electrons. The second-order valence-electron chi connectivity index (χ2n) is 5.33.